The van der Waals surface area contributed by atoms with E-state index >= 15 is 0 Å². The van der Waals surface area contributed by atoms with Crippen LogP contribution in [0, 0.1) is 18.2 Å². The zero-order valence-electron chi connectivity index (χ0n) is 25.3. The molecule has 2 fully saturated rings. The molecule has 11 nitrogen and oxygen atoms in total. The predicted molar refractivity (Wildman–Crippen MR) is 166 cm³/mol. The predicted octanol–water partition coefficient (Wildman–Crippen LogP) is 4.67. The van der Waals surface area contributed by atoms with Gasteiger partial charge in [0.2, 0.25) is 5.95 Å². The van der Waals surface area contributed by atoms with Crippen LogP contribution >= 0.6 is 11.6 Å². The lowest BCUT2D eigenvalue weighted by Crippen LogP contribution is -2.46. The summed E-state index contributed by atoms with van der Waals surface area (Å²) in [4.78, 5) is 42.0. The Morgan fingerprint density at radius 1 is 1.07 bits per heavy atom. The molecule has 13 heteroatoms. The van der Waals surface area contributed by atoms with Crippen LogP contribution in [0.5, 0.6) is 0 Å². The maximum atomic E-state index is 14.4. The molecule has 2 aromatic heterocycles. The number of carbonyl (C=O) groups is 2. The van der Waals surface area contributed by atoms with Crippen LogP contribution in [0.2, 0.25) is 5.02 Å². The maximum Gasteiger partial charge on any atom is 0.256 e. The van der Waals surface area contributed by atoms with Crippen LogP contribution in [-0.2, 0) is 0 Å². The number of nitrogens with one attached hydrogen (secondary N) is 2. The fourth-order valence-electron chi connectivity index (χ4n) is 5.29. The minimum Gasteiger partial charge on any atom is -0.354 e. The highest BCUT2D eigenvalue weighted by molar-refractivity contribution is 6.30. The van der Waals surface area contributed by atoms with Gasteiger partial charge in [-0.2, -0.15) is 19.7 Å². The van der Waals surface area contributed by atoms with Crippen molar-refractivity contribution >= 4 is 46.8 Å². The largest absolute Gasteiger partial charge is 0.354 e. The second-order valence-corrected chi connectivity index (χ2v) is 12.6. The maximum absolute atomic E-state index is 14.4. The van der Waals surface area contributed by atoms with Gasteiger partial charge in [-0.25, -0.2) is 4.39 Å². The number of nitrogens with zero attached hydrogens (tertiary/aromatic N) is 7. The number of halogens is 2. The van der Waals surface area contributed by atoms with Gasteiger partial charge in [0.25, 0.3) is 11.8 Å². The van der Waals surface area contributed by atoms with Crippen LogP contribution in [0.25, 0.3) is 0 Å². The number of rotatable bonds is 7. The Hall–Kier alpha value is -3.77. The third-order valence-corrected chi connectivity index (χ3v) is 7.98. The van der Waals surface area contributed by atoms with Gasteiger partial charge in [-0.05, 0) is 38.1 Å². The number of aryl methyl sites for hydroxylation is 1. The highest BCUT2D eigenvalue weighted by Gasteiger charge is 2.30. The monoisotopic (exact) mass is 611 g/mol. The molecule has 2 saturated heterocycles. The Kier molecular flexibility index (Phi) is 8.89. The molecule has 4 heterocycles. The van der Waals surface area contributed by atoms with Crippen molar-refractivity contribution in [2.24, 2.45) is 5.41 Å². The van der Waals surface area contributed by atoms with E-state index in [4.69, 9.17) is 21.6 Å². The number of amides is 1. The van der Waals surface area contributed by atoms with E-state index in [2.05, 4.69) is 32.5 Å². The van der Waals surface area contributed by atoms with Gasteiger partial charge < -0.3 is 25.3 Å². The van der Waals surface area contributed by atoms with Crippen LogP contribution in [-0.4, -0.2) is 93.2 Å². The lowest BCUT2D eigenvalue weighted by Gasteiger charge is -2.35. The molecule has 0 radical (unpaired) electrons. The minimum atomic E-state index is -0.636. The summed E-state index contributed by atoms with van der Waals surface area (Å²) in [6.45, 7) is 14.9. The zero-order chi connectivity index (χ0) is 30.9. The van der Waals surface area contributed by atoms with Gasteiger partial charge in [-0.3, -0.25) is 9.59 Å². The van der Waals surface area contributed by atoms with Gasteiger partial charge in [0.15, 0.2) is 0 Å². The molecule has 1 unspecified atom stereocenters. The zero-order valence-corrected chi connectivity index (χ0v) is 26.1. The van der Waals surface area contributed by atoms with E-state index in [-0.39, 0.29) is 28.4 Å². The fraction of sp³-hybridized carbons (Fsp3) is 0.500. The average molecular weight is 612 g/mol. The number of carbonyl (C=O) groups excluding carboxylic acids is 2. The SMILES string of the molecule is CCN1CCN(c2cc(Nc3cc(C)nn3C(=O)C(C)(C)C)nc(NC3CCN(C(=O)c4ccc(Cl)cc4F)C3)n2)CC1. The Labute approximate surface area is 256 Å². The number of hydrogen-bond donors (Lipinski definition) is 2. The van der Waals surface area contributed by atoms with E-state index in [1.54, 1.807) is 4.90 Å². The number of hydrogen-bond acceptors (Lipinski definition) is 9. The Morgan fingerprint density at radius 3 is 2.49 bits per heavy atom. The molecule has 1 aromatic carbocycles. The third kappa shape index (κ3) is 7.07. The first-order chi connectivity index (χ1) is 20.4. The van der Waals surface area contributed by atoms with Gasteiger partial charge in [0.05, 0.1) is 11.3 Å². The van der Waals surface area contributed by atoms with Crippen molar-refractivity contribution in [3.8, 4) is 0 Å². The molecule has 230 valence electrons. The number of anilines is 4. The Balaban J connectivity index is 1.38. The molecule has 1 atom stereocenters. The van der Waals surface area contributed by atoms with Crippen molar-refractivity contribution in [2.45, 2.75) is 47.1 Å². The Morgan fingerprint density at radius 2 is 1.81 bits per heavy atom. The summed E-state index contributed by atoms with van der Waals surface area (Å²) < 4.78 is 15.8. The van der Waals surface area contributed by atoms with E-state index in [0.717, 1.165) is 44.6 Å². The fourth-order valence-corrected chi connectivity index (χ4v) is 5.45. The lowest BCUT2D eigenvalue weighted by atomic mass is 9.96. The molecular weight excluding hydrogens is 573 g/mol. The minimum absolute atomic E-state index is 0.00212. The molecular formula is C30H39ClFN9O2. The van der Waals surface area contributed by atoms with Crippen molar-refractivity contribution in [1.82, 2.24) is 29.5 Å². The molecule has 2 aliphatic rings. The summed E-state index contributed by atoms with van der Waals surface area (Å²) in [6, 6.07) is 7.65. The smallest absolute Gasteiger partial charge is 0.256 e. The van der Waals surface area contributed by atoms with Crippen LogP contribution in [0.3, 0.4) is 0 Å². The summed E-state index contributed by atoms with van der Waals surface area (Å²) >= 11 is 5.87. The average Bonchev–Trinajstić information content (AvgIpc) is 3.57. The van der Waals surface area contributed by atoms with Crippen LogP contribution in [0.1, 0.15) is 55.0 Å². The number of aromatic nitrogens is 4. The normalized spacial score (nSPS) is 17.8. The summed E-state index contributed by atoms with van der Waals surface area (Å²) in [5.74, 6) is 1.04. The topological polar surface area (TPSA) is 112 Å². The number of likely N-dealkylation sites (N-methyl/N-ethyl adjacent to an activating group) is 1. The van der Waals surface area contributed by atoms with Crippen LogP contribution < -0.4 is 15.5 Å². The van der Waals surface area contributed by atoms with Gasteiger partial charge in [0.1, 0.15) is 23.3 Å². The Bertz CT molecular complexity index is 1500. The highest BCUT2D eigenvalue weighted by Crippen LogP contribution is 2.27. The van der Waals surface area contributed by atoms with E-state index in [9.17, 15) is 14.0 Å². The summed E-state index contributed by atoms with van der Waals surface area (Å²) in [5.41, 5.74) is 0.0759. The summed E-state index contributed by atoms with van der Waals surface area (Å²) in [6.07, 6.45) is 0.651. The van der Waals surface area contributed by atoms with Crippen molar-refractivity contribution in [2.75, 3.05) is 61.3 Å². The standard InChI is InChI=1S/C30H39ClFN9O2/c1-6-38-11-13-39(14-12-38)25-17-24(34-26-15-19(2)37-41(26)28(43)30(3,4)5)35-29(36-25)33-21-9-10-40(18-21)27(42)22-8-7-20(31)16-23(22)32/h7-8,15-17,21H,6,9-14,18H2,1-5H3,(H2,33,34,35,36). The summed E-state index contributed by atoms with van der Waals surface area (Å²) in [7, 11) is 0. The van der Waals surface area contributed by atoms with Crippen LogP contribution in [0.4, 0.5) is 27.8 Å². The number of piperazine rings is 1. The second kappa shape index (κ2) is 12.5. The quantitative estimate of drug-likeness (QED) is 0.394. The van der Waals surface area contributed by atoms with E-state index in [1.807, 2.05) is 39.8 Å². The van der Waals surface area contributed by atoms with Gasteiger partial charge in [-0.1, -0.05) is 39.3 Å². The van der Waals surface area contributed by atoms with Gasteiger partial charge >= 0.3 is 0 Å². The molecule has 5 rings (SSSR count). The first-order valence-electron chi connectivity index (χ1n) is 14.7. The molecule has 0 spiro atoms. The molecule has 2 aliphatic heterocycles. The highest BCUT2D eigenvalue weighted by atomic mass is 35.5. The molecule has 0 bridgehead atoms. The second-order valence-electron chi connectivity index (χ2n) is 12.1. The molecule has 0 aliphatic carbocycles. The molecule has 3 aromatic rings. The van der Waals surface area contributed by atoms with E-state index in [0.29, 0.717) is 42.8 Å². The van der Waals surface area contributed by atoms with Crippen molar-refractivity contribution in [3.05, 3.63) is 52.4 Å². The molecule has 43 heavy (non-hydrogen) atoms. The number of likely N-dealkylation sites (tertiary alicyclic amines) is 1. The van der Waals surface area contributed by atoms with E-state index < -0.39 is 11.2 Å². The number of benzene rings is 1. The first kappa shape index (κ1) is 30.7. The molecule has 0 saturated carbocycles. The van der Waals surface area contributed by atoms with Crippen LogP contribution in [0.15, 0.2) is 30.3 Å². The van der Waals surface area contributed by atoms with Gasteiger partial charge in [-0.15, -0.1) is 0 Å². The van der Waals surface area contributed by atoms with Crippen molar-refractivity contribution in [1.29, 1.82) is 0 Å². The summed E-state index contributed by atoms with van der Waals surface area (Å²) in [5, 5.41) is 11.4. The molecule has 2 N–H and O–H groups in total. The van der Waals surface area contributed by atoms with Crippen molar-refractivity contribution < 1.29 is 14.0 Å². The van der Waals surface area contributed by atoms with Gasteiger partial charge in [0, 0.05) is 67.9 Å². The first-order valence-corrected chi connectivity index (χ1v) is 15.0. The lowest BCUT2D eigenvalue weighted by molar-refractivity contribution is 0.0750. The molecule has 1 amide bonds. The van der Waals surface area contributed by atoms with Crippen molar-refractivity contribution in [3.63, 3.8) is 0 Å². The third-order valence-electron chi connectivity index (χ3n) is 7.75. The van der Waals surface area contributed by atoms with E-state index in [1.165, 1.54) is 16.8 Å².